The van der Waals surface area contributed by atoms with E-state index in [-0.39, 0.29) is 11.7 Å². The number of likely N-dealkylation sites (N-methyl/N-ethyl adjacent to an activating group) is 1. The van der Waals surface area contributed by atoms with Crippen LogP contribution in [0, 0.1) is 6.92 Å². The van der Waals surface area contributed by atoms with E-state index in [0.717, 1.165) is 30.8 Å². The van der Waals surface area contributed by atoms with Gasteiger partial charge in [0.05, 0.1) is 5.69 Å². The van der Waals surface area contributed by atoms with E-state index in [2.05, 4.69) is 27.2 Å². The fourth-order valence-corrected chi connectivity index (χ4v) is 3.14. The minimum absolute atomic E-state index is 0.208. The highest BCUT2D eigenvalue weighted by Gasteiger charge is 2.24. The zero-order valence-corrected chi connectivity index (χ0v) is 13.7. The average Bonchev–Trinajstić information content (AvgIpc) is 3.22. The summed E-state index contributed by atoms with van der Waals surface area (Å²) in [5, 5.41) is 7.27. The molecule has 1 amide bonds. The van der Waals surface area contributed by atoms with Gasteiger partial charge in [-0.15, -0.1) is 5.10 Å². The summed E-state index contributed by atoms with van der Waals surface area (Å²) < 4.78 is 1.65. The molecule has 0 bridgehead atoms. The third-order valence-corrected chi connectivity index (χ3v) is 4.46. The van der Waals surface area contributed by atoms with E-state index in [1.54, 1.807) is 11.0 Å². The number of carbonyl (C=O) groups excluding carboxylic acids is 1. The van der Waals surface area contributed by atoms with Crippen LogP contribution in [0.25, 0.3) is 5.69 Å². The molecule has 1 atom stereocenters. The first kappa shape index (κ1) is 15.7. The smallest absolute Gasteiger partial charge is 0.291 e. The van der Waals surface area contributed by atoms with Crippen molar-refractivity contribution in [2.75, 3.05) is 19.6 Å². The molecule has 3 rings (SSSR count). The number of rotatable bonds is 5. The van der Waals surface area contributed by atoms with Crippen LogP contribution in [0.5, 0.6) is 0 Å². The summed E-state index contributed by atoms with van der Waals surface area (Å²) in [6.45, 7) is 6.98. The summed E-state index contributed by atoms with van der Waals surface area (Å²) in [5.41, 5.74) is 2.03. The number of aryl methyl sites for hydroxylation is 1. The molecule has 0 saturated carbocycles. The quantitative estimate of drug-likeness (QED) is 0.914. The maximum Gasteiger partial charge on any atom is 0.291 e. The van der Waals surface area contributed by atoms with Gasteiger partial charge < -0.3 is 5.32 Å². The van der Waals surface area contributed by atoms with Crippen LogP contribution in [0.15, 0.2) is 30.6 Å². The Morgan fingerprint density at radius 1 is 1.39 bits per heavy atom. The van der Waals surface area contributed by atoms with E-state index in [9.17, 15) is 4.79 Å². The van der Waals surface area contributed by atoms with E-state index in [1.807, 2.05) is 31.2 Å². The summed E-state index contributed by atoms with van der Waals surface area (Å²) >= 11 is 0. The molecule has 1 aliphatic rings. The predicted octanol–water partition coefficient (Wildman–Crippen LogP) is 1.79. The minimum atomic E-state index is -0.208. The van der Waals surface area contributed by atoms with E-state index in [1.165, 1.54) is 6.42 Å². The van der Waals surface area contributed by atoms with Crippen LogP contribution in [-0.2, 0) is 0 Å². The maximum atomic E-state index is 12.3. The van der Waals surface area contributed by atoms with Crippen LogP contribution in [0.1, 0.15) is 35.9 Å². The first-order valence-corrected chi connectivity index (χ1v) is 8.19. The summed E-state index contributed by atoms with van der Waals surface area (Å²) in [6.07, 6.45) is 3.93. The van der Waals surface area contributed by atoms with Gasteiger partial charge in [0.2, 0.25) is 5.82 Å². The van der Waals surface area contributed by atoms with Crippen molar-refractivity contribution >= 4 is 5.91 Å². The highest BCUT2D eigenvalue weighted by molar-refractivity contribution is 5.90. The number of nitrogens with zero attached hydrogens (tertiary/aromatic N) is 4. The normalized spacial score (nSPS) is 18.3. The molecule has 1 aromatic carbocycles. The molecule has 1 aliphatic heterocycles. The van der Waals surface area contributed by atoms with E-state index < -0.39 is 0 Å². The number of nitrogens with one attached hydrogen (secondary N) is 1. The fourth-order valence-electron chi connectivity index (χ4n) is 3.14. The summed E-state index contributed by atoms with van der Waals surface area (Å²) in [4.78, 5) is 18.8. The number of amides is 1. The van der Waals surface area contributed by atoms with E-state index in [0.29, 0.717) is 12.6 Å². The van der Waals surface area contributed by atoms with Crippen molar-refractivity contribution in [3.63, 3.8) is 0 Å². The van der Waals surface area contributed by atoms with Gasteiger partial charge in [-0.05, 0) is 44.5 Å². The number of hydrogen-bond donors (Lipinski definition) is 1. The Morgan fingerprint density at radius 2 is 2.22 bits per heavy atom. The van der Waals surface area contributed by atoms with Gasteiger partial charge in [-0.2, -0.15) is 0 Å². The first-order valence-electron chi connectivity index (χ1n) is 8.19. The third kappa shape index (κ3) is 3.42. The van der Waals surface area contributed by atoms with Crippen molar-refractivity contribution in [2.45, 2.75) is 32.7 Å². The second-order valence-electron chi connectivity index (χ2n) is 5.93. The number of likely N-dealkylation sites (tertiary alicyclic amines) is 1. The van der Waals surface area contributed by atoms with Crippen molar-refractivity contribution < 1.29 is 4.79 Å². The second kappa shape index (κ2) is 6.91. The summed E-state index contributed by atoms with van der Waals surface area (Å²) in [5.74, 6) is 0.00888. The zero-order valence-electron chi connectivity index (χ0n) is 13.7. The molecular formula is C17H23N5O. The molecule has 1 fully saturated rings. The Bertz CT molecular complexity index is 681. The lowest BCUT2D eigenvalue weighted by molar-refractivity contribution is 0.0931. The van der Waals surface area contributed by atoms with Gasteiger partial charge in [-0.3, -0.25) is 9.69 Å². The van der Waals surface area contributed by atoms with Crippen LogP contribution in [0.2, 0.25) is 0 Å². The molecule has 23 heavy (non-hydrogen) atoms. The Balaban J connectivity index is 1.64. The van der Waals surface area contributed by atoms with Gasteiger partial charge >= 0.3 is 0 Å². The van der Waals surface area contributed by atoms with Crippen LogP contribution >= 0.6 is 0 Å². The molecule has 1 N–H and O–H groups in total. The molecule has 6 nitrogen and oxygen atoms in total. The van der Waals surface area contributed by atoms with Crippen molar-refractivity contribution in [3.8, 4) is 5.69 Å². The predicted molar refractivity (Wildman–Crippen MR) is 88.7 cm³/mol. The number of carbonyl (C=O) groups is 1. The Labute approximate surface area is 136 Å². The molecule has 1 saturated heterocycles. The molecule has 1 unspecified atom stereocenters. The Morgan fingerprint density at radius 3 is 3.00 bits per heavy atom. The highest BCUT2D eigenvalue weighted by atomic mass is 16.2. The van der Waals surface area contributed by atoms with Gasteiger partial charge in [0.25, 0.3) is 5.91 Å². The lowest BCUT2D eigenvalue weighted by atomic mass is 10.2. The van der Waals surface area contributed by atoms with Crippen LogP contribution < -0.4 is 5.32 Å². The SMILES string of the molecule is CCN1CCCC1CNC(=O)c1ncn(-c2ccccc2C)n1. The van der Waals surface area contributed by atoms with Crippen LogP contribution in [0.3, 0.4) is 0 Å². The highest BCUT2D eigenvalue weighted by Crippen LogP contribution is 2.15. The lowest BCUT2D eigenvalue weighted by Gasteiger charge is -2.22. The fraction of sp³-hybridized carbons (Fsp3) is 0.471. The molecule has 2 heterocycles. The van der Waals surface area contributed by atoms with Gasteiger partial charge in [0.15, 0.2) is 0 Å². The summed E-state index contributed by atoms with van der Waals surface area (Å²) in [7, 11) is 0. The number of aromatic nitrogens is 3. The molecule has 122 valence electrons. The first-order chi connectivity index (χ1) is 11.2. The minimum Gasteiger partial charge on any atom is -0.348 e. The molecule has 6 heteroatoms. The van der Waals surface area contributed by atoms with Gasteiger partial charge in [0.1, 0.15) is 6.33 Å². The average molecular weight is 313 g/mol. The molecule has 2 aromatic rings. The van der Waals surface area contributed by atoms with Crippen LogP contribution in [0.4, 0.5) is 0 Å². The van der Waals surface area contributed by atoms with Crippen LogP contribution in [-0.4, -0.2) is 51.2 Å². The Hall–Kier alpha value is -2.21. The Kier molecular flexibility index (Phi) is 4.71. The second-order valence-corrected chi connectivity index (χ2v) is 5.93. The third-order valence-electron chi connectivity index (χ3n) is 4.46. The van der Waals surface area contributed by atoms with Gasteiger partial charge in [-0.25, -0.2) is 9.67 Å². The number of benzene rings is 1. The number of hydrogen-bond acceptors (Lipinski definition) is 4. The molecule has 0 aliphatic carbocycles. The molecular weight excluding hydrogens is 290 g/mol. The van der Waals surface area contributed by atoms with Crippen molar-refractivity contribution in [2.24, 2.45) is 0 Å². The van der Waals surface area contributed by atoms with E-state index in [4.69, 9.17) is 0 Å². The standard InChI is InChI=1S/C17H23N5O/c1-3-21-10-6-8-14(21)11-18-17(23)16-19-12-22(20-16)15-9-5-4-7-13(15)2/h4-5,7,9,12,14H,3,6,8,10-11H2,1-2H3,(H,18,23). The summed E-state index contributed by atoms with van der Waals surface area (Å²) in [6, 6.07) is 8.33. The van der Waals surface area contributed by atoms with Gasteiger partial charge in [0, 0.05) is 12.6 Å². The van der Waals surface area contributed by atoms with Crippen molar-refractivity contribution in [3.05, 3.63) is 42.0 Å². The number of para-hydroxylation sites is 1. The maximum absolute atomic E-state index is 12.3. The molecule has 1 aromatic heterocycles. The zero-order chi connectivity index (χ0) is 16.2. The van der Waals surface area contributed by atoms with E-state index >= 15 is 0 Å². The van der Waals surface area contributed by atoms with Gasteiger partial charge in [-0.1, -0.05) is 25.1 Å². The molecule has 0 spiro atoms. The lowest BCUT2D eigenvalue weighted by Crippen LogP contribution is -2.40. The topological polar surface area (TPSA) is 63.1 Å². The monoisotopic (exact) mass is 313 g/mol. The van der Waals surface area contributed by atoms with Crippen molar-refractivity contribution in [1.82, 2.24) is 25.0 Å². The van der Waals surface area contributed by atoms with Crippen molar-refractivity contribution in [1.29, 1.82) is 0 Å². The molecule has 0 radical (unpaired) electrons. The largest absolute Gasteiger partial charge is 0.348 e.